The lowest BCUT2D eigenvalue weighted by atomic mass is 10.0. The minimum Gasteiger partial charge on any atom is -0.508 e. The number of nitrogens with zero attached hydrogens (tertiary/aromatic N) is 2. The lowest BCUT2D eigenvalue weighted by Crippen LogP contribution is -2.09. The predicted octanol–water partition coefficient (Wildman–Crippen LogP) is 3.56. The second kappa shape index (κ2) is 7.47. The van der Waals surface area contributed by atoms with Gasteiger partial charge < -0.3 is 15.2 Å². The fraction of sp³-hybridized carbons (Fsp3) is 0.400. The Kier molecular flexibility index (Phi) is 5.64. The molecule has 6 heteroatoms. The molecule has 0 bridgehead atoms. The van der Waals surface area contributed by atoms with Gasteiger partial charge in [0.2, 0.25) is 0 Å². The number of hydrogen-bond acceptors (Lipinski definition) is 4. The van der Waals surface area contributed by atoms with Gasteiger partial charge in [-0.25, -0.2) is 0 Å². The number of aromatic hydroxyl groups is 1. The minimum atomic E-state index is 0.0302. The van der Waals surface area contributed by atoms with Gasteiger partial charge in [0.15, 0.2) is 0 Å². The van der Waals surface area contributed by atoms with Gasteiger partial charge in [0.1, 0.15) is 5.75 Å². The minimum absolute atomic E-state index is 0.0302. The monoisotopic (exact) mass is 353 g/mol. The molecule has 1 aromatic heterocycles. The van der Waals surface area contributed by atoms with Crippen LogP contribution in [-0.2, 0) is 11.3 Å². The van der Waals surface area contributed by atoms with E-state index in [0.717, 1.165) is 28.7 Å². The molecule has 0 aliphatic heterocycles. The summed E-state index contributed by atoms with van der Waals surface area (Å²) in [5, 5.41) is 17.7. The van der Waals surface area contributed by atoms with Crippen molar-refractivity contribution >= 4 is 21.6 Å². The average Bonchev–Trinajstić information content (AvgIpc) is 2.93. The quantitative estimate of drug-likeness (QED) is 0.798. The summed E-state index contributed by atoms with van der Waals surface area (Å²) in [6.07, 6.45) is 4.58. The van der Waals surface area contributed by atoms with E-state index in [4.69, 9.17) is 4.74 Å². The van der Waals surface area contributed by atoms with Crippen molar-refractivity contribution in [3.05, 3.63) is 40.6 Å². The topological polar surface area (TPSA) is 59.3 Å². The van der Waals surface area contributed by atoms with Crippen LogP contribution in [0.5, 0.6) is 5.75 Å². The first kappa shape index (κ1) is 15.9. The zero-order valence-corrected chi connectivity index (χ0v) is 13.8. The maximum Gasteiger partial charge on any atom is 0.120 e. The Bertz CT molecular complexity index is 586. The second-order valence-electron chi connectivity index (χ2n) is 4.79. The molecule has 2 N–H and O–H groups in total. The molecule has 1 atom stereocenters. The smallest absolute Gasteiger partial charge is 0.120 e. The van der Waals surface area contributed by atoms with E-state index in [2.05, 4.69) is 33.3 Å². The number of phenolic OH excluding ortho intramolecular Hbond substituents is 1. The Morgan fingerprint density at radius 3 is 3.00 bits per heavy atom. The van der Waals surface area contributed by atoms with Crippen LogP contribution >= 0.6 is 15.9 Å². The van der Waals surface area contributed by atoms with Crippen LogP contribution in [0.25, 0.3) is 0 Å². The van der Waals surface area contributed by atoms with E-state index in [1.54, 1.807) is 19.4 Å². The molecule has 1 unspecified atom stereocenters. The molecule has 0 aliphatic carbocycles. The van der Waals surface area contributed by atoms with Gasteiger partial charge in [0, 0.05) is 23.3 Å². The van der Waals surface area contributed by atoms with Gasteiger partial charge >= 0.3 is 0 Å². The molecule has 1 aromatic carbocycles. The van der Waals surface area contributed by atoms with Crippen LogP contribution in [-0.4, -0.2) is 28.6 Å². The van der Waals surface area contributed by atoms with Crippen LogP contribution in [0.3, 0.4) is 0 Å². The lowest BCUT2D eigenvalue weighted by molar-refractivity contribution is 0.183. The molecule has 1 heterocycles. The van der Waals surface area contributed by atoms with E-state index in [0.29, 0.717) is 12.4 Å². The molecule has 2 rings (SSSR count). The molecule has 0 spiro atoms. The van der Waals surface area contributed by atoms with Crippen molar-refractivity contribution in [3.8, 4) is 5.75 Å². The van der Waals surface area contributed by atoms with Crippen LogP contribution < -0.4 is 5.32 Å². The number of nitrogens with one attached hydrogen (secondary N) is 1. The summed E-state index contributed by atoms with van der Waals surface area (Å²) in [6, 6.07) is 5.49. The van der Waals surface area contributed by atoms with Crippen LogP contribution in [0.2, 0.25) is 0 Å². The SMILES string of the molecule is CCC(Nc1cnn(CCOC)c1)c1cc(Br)ccc1O. The van der Waals surface area contributed by atoms with Crippen molar-refractivity contribution in [2.24, 2.45) is 0 Å². The average molecular weight is 354 g/mol. The van der Waals surface area contributed by atoms with E-state index >= 15 is 0 Å². The number of rotatable bonds is 7. The van der Waals surface area contributed by atoms with Crippen molar-refractivity contribution in [2.45, 2.75) is 25.9 Å². The lowest BCUT2D eigenvalue weighted by Gasteiger charge is -2.19. The first-order valence-electron chi connectivity index (χ1n) is 6.90. The Hall–Kier alpha value is -1.53. The van der Waals surface area contributed by atoms with Crippen LogP contribution in [0, 0.1) is 0 Å². The highest BCUT2D eigenvalue weighted by atomic mass is 79.9. The zero-order chi connectivity index (χ0) is 15.2. The van der Waals surface area contributed by atoms with Crippen molar-refractivity contribution in [3.63, 3.8) is 0 Å². The highest BCUT2D eigenvalue weighted by molar-refractivity contribution is 9.10. The van der Waals surface area contributed by atoms with Gasteiger partial charge in [-0.3, -0.25) is 4.68 Å². The number of halogens is 1. The number of benzene rings is 1. The number of aromatic nitrogens is 2. The molecule has 0 amide bonds. The number of anilines is 1. The van der Waals surface area contributed by atoms with E-state index in [9.17, 15) is 5.11 Å². The standard InChI is InChI=1S/C15H20BrN3O2/c1-3-14(13-8-11(16)4-5-15(13)20)18-12-9-17-19(10-12)6-7-21-2/h4-5,8-10,14,18,20H,3,6-7H2,1-2H3. The zero-order valence-electron chi connectivity index (χ0n) is 12.2. The molecule has 0 fully saturated rings. The second-order valence-corrected chi connectivity index (χ2v) is 5.71. The molecule has 0 saturated heterocycles. The Labute approximate surface area is 133 Å². The van der Waals surface area contributed by atoms with Gasteiger partial charge in [0.25, 0.3) is 0 Å². The van der Waals surface area contributed by atoms with Crippen molar-refractivity contribution < 1.29 is 9.84 Å². The summed E-state index contributed by atoms with van der Waals surface area (Å²) in [6.45, 7) is 3.43. The van der Waals surface area contributed by atoms with E-state index < -0.39 is 0 Å². The molecular weight excluding hydrogens is 334 g/mol. The van der Waals surface area contributed by atoms with E-state index in [-0.39, 0.29) is 6.04 Å². The number of phenols is 1. The maximum absolute atomic E-state index is 10.0. The highest BCUT2D eigenvalue weighted by Crippen LogP contribution is 2.31. The van der Waals surface area contributed by atoms with Crippen molar-refractivity contribution in [1.29, 1.82) is 0 Å². The predicted molar refractivity (Wildman–Crippen MR) is 86.6 cm³/mol. The molecule has 0 radical (unpaired) electrons. The number of methoxy groups -OCH3 is 1. The Morgan fingerprint density at radius 1 is 1.48 bits per heavy atom. The Morgan fingerprint density at radius 2 is 2.29 bits per heavy atom. The third-order valence-corrected chi connectivity index (χ3v) is 3.77. The molecule has 0 saturated carbocycles. The van der Waals surface area contributed by atoms with Gasteiger partial charge in [-0.15, -0.1) is 0 Å². The molecule has 0 aliphatic rings. The van der Waals surface area contributed by atoms with E-state index in [1.807, 2.05) is 23.0 Å². The first-order chi connectivity index (χ1) is 10.1. The van der Waals surface area contributed by atoms with Gasteiger partial charge in [-0.05, 0) is 24.6 Å². The van der Waals surface area contributed by atoms with Gasteiger partial charge in [0.05, 0.1) is 31.1 Å². The summed E-state index contributed by atoms with van der Waals surface area (Å²) in [5.41, 5.74) is 1.80. The van der Waals surface area contributed by atoms with Crippen LogP contribution in [0.1, 0.15) is 24.9 Å². The summed E-state index contributed by atoms with van der Waals surface area (Å²) < 4.78 is 7.82. The molecular formula is C15H20BrN3O2. The number of hydrogen-bond donors (Lipinski definition) is 2. The van der Waals surface area contributed by atoms with Crippen molar-refractivity contribution in [2.75, 3.05) is 19.0 Å². The molecule has 21 heavy (non-hydrogen) atoms. The third-order valence-electron chi connectivity index (χ3n) is 3.27. The van der Waals surface area contributed by atoms with Crippen LogP contribution in [0.4, 0.5) is 5.69 Å². The molecule has 114 valence electrons. The fourth-order valence-corrected chi connectivity index (χ4v) is 2.53. The highest BCUT2D eigenvalue weighted by Gasteiger charge is 2.14. The summed E-state index contributed by atoms with van der Waals surface area (Å²) >= 11 is 3.44. The normalized spacial score (nSPS) is 12.3. The first-order valence-corrected chi connectivity index (χ1v) is 7.69. The third kappa shape index (κ3) is 4.22. The molecule has 5 nitrogen and oxygen atoms in total. The van der Waals surface area contributed by atoms with E-state index in [1.165, 1.54) is 0 Å². The van der Waals surface area contributed by atoms with Crippen molar-refractivity contribution in [1.82, 2.24) is 9.78 Å². The summed E-state index contributed by atoms with van der Waals surface area (Å²) in [4.78, 5) is 0. The van der Waals surface area contributed by atoms with Gasteiger partial charge in [-0.1, -0.05) is 22.9 Å². The van der Waals surface area contributed by atoms with Gasteiger partial charge in [-0.2, -0.15) is 5.10 Å². The summed E-state index contributed by atoms with van der Waals surface area (Å²) in [7, 11) is 1.67. The number of ether oxygens (including phenoxy) is 1. The maximum atomic E-state index is 10.0. The summed E-state index contributed by atoms with van der Waals surface area (Å²) in [5.74, 6) is 0.296. The Balaban J connectivity index is 2.11. The van der Waals surface area contributed by atoms with Crippen LogP contribution in [0.15, 0.2) is 35.1 Å². The molecule has 2 aromatic rings. The fourth-order valence-electron chi connectivity index (χ4n) is 2.15. The largest absolute Gasteiger partial charge is 0.508 e.